The number of carbonyl (C=O) groups excluding carboxylic acids is 6. The van der Waals surface area contributed by atoms with Crippen molar-refractivity contribution in [3.05, 3.63) is 250 Å². The van der Waals surface area contributed by atoms with Crippen LogP contribution in [-0.4, -0.2) is 170 Å². The van der Waals surface area contributed by atoms with Gasteiger partial charge in [-0.25, -0.2) is 0 Å². The number of hydrogen-bond acceptors (Lipinski definition) is 12. The van der Waals surface area contributed by atoms with Gasteiger partial charge < -0.3 is 63.0 Å². The van der Waals surface area contributed by atoms with Crippen LogP contribution in [-0.2, 0) is 39.8 Å². The van der Waals surface area contributed by atoms with Gasteiger partial charge in [0.1, 0.15) is 0 Å². The number of rotatable bonds is 27. The number of nitrogens with two attached hydrogens (primary N) is 2. The molecule has 25 heteroatoms. The Balaban J connectivity index is 0.000000172. The van der Waals surface area contributed by atoms with Crippen LogP contribution < -0.4 is 43.4 Å². The molecular weight excluding hydrogens is 1510 g/mol. The average molecular weight is 1610 g/mol. The third-order valence-corrected chi connectivity index (χ3v) is 22.5. The molecule has 0 bridgehead atoms. The highest BCUT2D eigenvalue weighted by Gasteiger charge is 2.39. The molecule has 4 aliphatic heterocycles. The van der Waals surface area contributed by atoms with E-state index in [1.54, 1.807) is 12.1 Å². The van der Waals surface area contributed by atoms with E-state index < -0.39 is 42.0 Å². The zero-order valence-corrected chi connectivity index (χ0v) is 66.5. The summed E-state index contributed by atoms with van der Waals surface area (Å²) in [6.07, 6.45) is 0.815. The molecule has 7 atom stereocenters. The highest BCUT2D eigenvalue weighted by molar-refractivity contribution is 6.30. The summed E-state index contributed by atoms with van der Waals surface area (Å²) in [4.78, 5) is 87.1. The first-order valence-corrected chi connectivity index (χ1v) is 41.0. The van der Waals surface area contributed by atoms with Gasteiger partial charge in [-0.1, -0.05) is 158 Å². The number of alkyl halides is 6. The molecule has 13 rings (SSSR count). The molecule has 0 radical (unpaired) electrons. The van der Waals surface area contributed by atoms with Crippen molar-refractivity contribution in [2.24, 2.45) is 11.5 Å². The zero-order chi connectivity index (χ0) is 82.1. The number of nitrogens with one attached hydrogen (secondary N) is 6. The molecule has 0 aliphatic carbocycles. The molecule has 10 N–H and O–H groups in total. The number of benzene rings is 9. The van der Waals surface area contributed by atoms with Gasteiger partial charge in [-0.2, -0.15) is 26.3 Å². The number of halogens is 7. The number of piperidine rings is 1. The molecule has 4 heterocycles. The molecule has 1 unspecified atom stereocenters. The van der Waals surface area contributed by atoms with Crippen molar-refractivity contribution in [2.45, 2.75) is 158 Å². The first-order valence-electron chi connectivity index (χ1n) is 40.6. The molecule has 18 nitrogen and oxygen atoms in total. The molecule has 616 valence electrons. The van der Waals surface area contributed by atoms with Crippen molar-refractivity contribution in [1.29, 1.82) is 0 Å². The van der Waals surface area contributed by atoms with Gasteiger partial charge in [0.05, 0.1) is 29.3 Å². The SMILES string of the molecule is CCC(CN1CC[C@@H](CNC(=O)c2ccc3ccccc3c2)N[C@@H](CCCN2CCCCC2)C1=O)c1ccccc1.NCCC[C@@H]1N[C@H](CNC(=O)c2ccc3ccccc3c2)CCN(Cc2cc(C(F)(F)F)cc(C(F)(F)F)c2)C1=O.NCCC[C@@H]1N[C@H](CNC(=O)c2ccc3ccccc3c2)CCN(Cc2cccc(Cl)c2)C1=O. The third-order valence-electron chi connectivity index (χ3n) is 22.2. The maximum Gasteiger partial charge on any atom is 0.416 e. The highest BCUT2D eigenvalue weighted by atomic mass is 35.5. The predicted molar refractivity (Wildman–Crippen MR) is 446 cm³/mol. The predicted octanol–water partition coefficient (Wildman–Crippen LogP) is 14.4. The van der Waals surface area contributed by atoms with E-state index in [9.17, 15) is 55.1 Å². The second kappa shape index (κ2) is 42.4. The van der Waals surface area contributed by atoms with Crippen molar-refractivity contribution in [1.82, 2.24) is 51.5 Å². The second-order valence-electron chi connectivity index (χ2n) is 30.7. The number of amides is 6. The molecule has 4 fully saturated rings. The number of nitrogens with zero attached hydrogens (tertiary/aromatic N) is 4. The number of likely N-dealkylation sites (tertiary alicyclic amines) is 1. The minimum Gasteiger partial charge on any atom is -0.350 e. The van der Waals surface area contributed by atoms with Gasteiger partial charge in [0, 0.05) is 105 Å². The number of fused-ring (bicyclic) bond motifs is 3. The van der Waals surface area contributed by atoms with E-state index in [1.807, 2.05) is 144 Å². The van der Waals surface area contributed by atoms with Crippen LogP contribution in [0, 0.1) is 0 Å². The normalized spacial score (nSPS) is 19.4. The van der Waals surface area contributed by atoms with Crippen LogP contribution in [0.15, 0.2) is 200 Å². The summed E-state index contributed by atoms with van der Waals surface area (Å²) >= 11 is 6.14. The van der Waals surface area contributed by atoms with Gasteiger partial charge in [0.2, 0.25) is 17.7 Å². The monoisotopic (exact) mass is 1610 g/mol. The molecule has 9 aromatic rings. The maximum absolute atomic E-state index is 13.9. The highest BCUT2D eigenvalue weighted by Crippen LogP contribution is 2.37. The quantitative estimate of drug-likeness (QED) is 0.0224. The van der Waals surface area contributed by atoms with Crippen molar-refractivity contribution < 1.29 is 55.1 Å². The van der Waals surface area contributed by atoms with E-state index >= 15 is 0 Å². The van der Waals surface area contributed by atoms with E-state index in [0.29, 0.717) is 105 Å². The van der Waals surface area contributed by atoms with Gasteiger partial charge in [-0.15, -0.1) is 0 Å². The minimum atomic E-state index is -4.99. The summed E-state index contributed by atoms with van der Waals surface area (Å²) in [5.41, 5.74) is 12.2. The van der Waals surface area contributed by atoms with Crippen LogP contribution in [0.3, 0.4) is 0 Å². The third kappa shape index (κ3) is 25.1. The van der Waals surface area contributed by atoms with Gasteiger partial charge in [0.15, 0.2) is 0 Å². The van der Waals surface area contributed by atoms with Crippen LogP contribution >= 0.6 is 11.6 Å². The van der Waals surface area contributed by atoms with Crippen molar-refractivity contribution >= 4 is 79.4 Å². The topological polar surface area (TPSA) is 240 Å². The summed E-state index contributed by atoms with van der Waals surface area (Å²) < 4.78 is 80.1. The fraction of sp³-hybridized carbons (Fsp3) is 0.407. The van der Waals surface area contributed by atoms with Gasteiger partial charge >= 0.3 is 12.4 Å². The van der Waals surface area contributed by atoms with E-state index in [2.05, 4.69) is 79.0 Å². The molecule has 0 spiro atoms. The van der Waals surface area contributed by atoms with Crippen molar-refractivity contribution in [3.8, 4) is 0 Å². The lowest BCUT2D eigenvalue weighted by Crippen LogP contribution is -2.49. The first-order chi connectivity index (χ1) is 56.0. The Morgan fingerprint density at radius 2 is 0.845 bits per heavy atom. The fourth-order valence-electron chi connectivity index (χ4n) is 15.8. The van der Waals surface area contributed by atoms with Crippen molar-refractivity contribution in [3.63, 3.8) is 0 Å². The molecule has 4 aliphatic rings. The molecule has 9 aromatic carbocycles. The van der Waals surface area contributed by atoms with Gasteiger partial charge in [0.25, 0.3) is 17.7 Å². The number of hydrogen-bond donors (Lipinski definition) is 8. The smallest absolute Gasteiger partial charge is 0.350 e. The Kier molecular flexibility index (Phi) is 31.8. The van der Waals surface area contributed by atoms with Gasteiger partial charge in [-0.3, -0.25) is 28.8 Å². The molecular formula is C91H107ClF6N12O6. The lowest BCUT2D eigenvalue weighted by molar-refractivity contribution is -0.143. The molecule has 6 amide bonds. The van der Waals surface area contributed by atoms with E-state index in [4.69, 9.17) is 23.1 Å². The Morgan fingerprint density at radius 3 is 1.26 bits per heavy atom. The Hall–Kier alpha value is -9.79. The first kappa shape index (κ1) is 87.1. The Bertz CT molecular complexity index is 4730. The van der Waals surface area contributed by atoms with Gasteiger partial charge in [-0.05, 0) is 226 Å². The summed E-state index contributed by atoms with van der Waals surface area (Å²) in [6, 6.07) is 58.4. The minimum absolute atomic E-state index is 0.0134. The van der Waals surface area contributed by atoms with E-state index in [-0.39, 0.29) is 91.0 Å². The van der Waals surface area contributed by atoms with E-state index in [1.165, 1.54) is 42.8 Å². The van der Waals surface area contributed by atoms with Crippen LogP contribution in [0.4, 0.5) is 26.3 Å². The summed E-state index contributed by atoms with van der Waals surface area (Å²) in [6.45, 7) is 9.74. The van der Waals surface area contributed by atoms with Crippen molar-refractivity contribution in [2.75, 3.05) is 78.5 Å². The molecule has 4 saturated heterocycles. The average Bonchev–Trinajstić information content (AvgIpc) is 0.849. The lowest BCUT2D eigenvalue weighted by atomic mass is 9.95. The van der Waals surface area contributed by atoms with Crippen LogP contribution in [0.5, 0.6) is 0 Å². The van der Waals surface area contributed by atoms with Crippen LogP contribution in [0.2, 0.25) is 5.02 Å². The number of carbonyl (C=O) groups is 6. The standard InChI is InChI=1S/C35H46N4O2.C29H30F6N4O2.C27H31ClN4O2/c1-2-27(28-12-5-3-6-13-28)26-39-23-19-32(37-33(35(39)41)16-11-22-38-20-9-4-10-21-38)25-36-34(40)31-18-17-29-14-7-8-15-30(29)24-31;30-28(31,32)22-12-18(13-23(15-22)29(33,34)35)17-39-11-9-24(38-25(27(39)41)6-3-10-36)16-37-26(40)21-8-7-19-4-1-2-5-20(19)14-21;28-23-8-3-5-19(15-23)18-32-14-12-24(31-25(27(32)34)9-4-13-29)17-30-26(33)22-11-10-20-6-1-2-7-21(20)16-22/h3,5-8,12-15,17-18,24,27,32-33,37H,2,4,9-11,16,19-23,25-26H2,1H3,(H,36,40);1-2,4-5,7-8,12-15,24-25,38H,3,6,9-11,16-17,36H2,(H,37,40);1-3,5-8,10-11,15-16,24-25,31H,4,9,12-14,17-18,29H2,(H,30,33)/t27?,32-,33-;2*24-,25-/m000/s1. The Labute approximate surface area is 680 Å². The summed E-state index contributed by atoms with van der Waals surface area (Å²) in [5, 5.41) is 26.3. The summed E-state index contributed by atoms with van der Waals surface area (Å²) in [7, 11) is 0. The van der Waals surface area contributed by atoms with Crippen LogP contribution in [0.25, 0.3) is 32.3 Å². The van der Waals surface area contributed by atoms with Crippen LogP contribution in [0.1, 0.15) is 155 Å². The zero-order valence-electron chi connectivity index (χ0n) is 65.7. The maximum atomic E-state index is 13.9. The molecule has 116 heavy (non-hydrogen) atoms. The molecule has 0 saturated carbocycles. The Morgan fingerprint density at radius 1 is 0.448 bits per heavy atom. The summed E-state index contributed by atoms with van der Waals surface area (Å²) in [5.74, 6) is -0.351. The largest absolute Gasteiger partial charge is 0.416 e. The molecule has 0 aromatic heterocycles. The second-order valence-corrected chi connectivity index (χ2v) is 31.1. The fourth-order valence-corrected chi connectivity index (χ4v) is 16.0. The lowest BCUT2D eigenvalue weighted by Gasteiger charge is -2.30. The van der Waals surface area contributed by atoms with E-state index in [0.717, 1.165) is 89.5 Å².